The van der Waals surface area contributed by atoms with Gasteiger partial charge in [0.15, 0.2) is 5.03 Å². The highest BCUT2D eigenvalue weighted by atomic mass is 32.2. The van der Waals surface area contributed by atoms with Gasteiger partial charge in [0, 0.05) is 36.1 Å². The highest BCUT2D eigenvalue weighted by Gasteiger charge is 2.35. The minimum absolute atomic E-state index is 0.0140. The van der Waals surface area contributed by atoms with E-state index >= 15 is 0 Å². The van der Waals surface area contributed by atoms with Crippen LogP contribution in [0.4, 0.5) is 10.1 Å². The van der Waals surface area contributed by atoms with E-state index in [4.69, 9.17) is 0 Å². The van der Waals surface area contributed by atoms with E-state index < -0.39 is 9.84 Å². The van der Waals surface area contributed by atoms with E-state index in [-0.39, 0.29) is 22.1 Å². The Bertz CT molecular complexity index is 1210. The van der Waals surface area contributed by atoms with Crippen molar-refractivity contribution in [3.63, 3.8) is 0 Å². The number of aryl methyl sites for hydroxylation is 1. The smallest absolute Gasteiger partial charge is 0.201 e. The molecule has 170 valence electrons. The van der Waals surface area contributed by atoms with Gasteiger partial charge in [0.05, 0.1) is 28.3 Å². The molecule has 0 bridgehead atoms. The summed E-state index contributed by atoms with van der Waals surface area (Å²) in [5.74, 6) is -0.428. The highest BCUT2D eigenvalue weighted by Crippen LogP contribution is 2.32. The number of rotatable bonds is 8. The fraction of sp³-hybridized carbons (Fsp3) is 0.391. The molecule has 32 heavy (non-hydrogen) atoms. The number of sulfone groups is 1. The predicted molar refractivity (Wildman–Crippen MR) is 125 cm³/mol. The Morgan fingerprint density at radius 2 is 2.06 bits per heavy atom. The third kappa shape index (κ3) is 4.84. The average Bonchev–Trinajstić information content (AvgIpc) is 3.23. The highest BCUT2D eigenvalue weighted by molar-refractivity contribution is 7.90. The van der Waals surface area contributed by atoms with Crippen molar-refractivity contribution in [1.29, 1.82) is 0 Å². The molecule has 3 heterocycles. The maximum atomic E-state index is 14.7. The molecule has 1 N–H and O–H groups in total. The molecule has 0 unspecified atom stereocenters. The number of nitrogens with zero attached hydrogens (tertiary/aromatic N) is 3. The molecule has 1 aliphatic heterocycles. The van der Waals surface area contributed by atoms with Crippen molar-refractivity contribution in [1.82, 2.24) is 14.9 Å². The minimum Gasteiger partial charge on any atom is -0.379 e. The van der Waals surface area contributed by atoms with Crippen LogP contribution in [0.2, 0.25) is 0 Å². The van der Waals surface area contributed by atoms with Gasteiger partial charge in [0.25, 0.3) is 0 Å². The van der Waals surface area contributed by atoms with E-state index in [0.717, 1.165) is 18.5 Å². The first-order chi connectivity index (χ1) is 15.2. The Morgan fingerprint density at radius 3 is 2.69 bits per heavy atom. The molecule has 1 aliphatic rings. The summed E-state index contributed by atoms with van der Waals surface area (Å²) in [5.41, 5.74) is 5.05. The summed E-state index contributed by atoms with van der Waals surface area (Å²) in [4.78, 5) is 10.7. The second-order valence-electron chi connectivity index (χ2n) is 8.74. The molecule has 1 aromatic carbocycles. The van der Waals surface area contributed by atoms with Gasteiger partial charge in [0.1, 0.15) is 5.82 Å². The van der Waals surface area contributed by atoms with Crippen LogP contribution in [0.15, 0.2) is 46.2 Å². The number of halogens is 1. The molecule has 2 aromatic heterocycles. The molecule has 0 aliphatic carbocycles. The number of thiazole rings is 1. The van der Waals surface area contributed by atoms with E-state index in [2.05, 4.69) is 34.0 Å². The Morgan fingerprint density at radius 1 is 1.25 bits per heavy atom. The second-order valence-corrected chi connectivity index (χ2v) is 11.4. The van der Waals surface area contributed by atoms with Crippen molar-refractivity contribution in [2.45, 2.75) is 56.6 Å². The van der Waals surface area contributed by atoms with Crippen LogP contribution in [0.1, 0.15) is 42.8 Å². The number of hydrogen-bond donors (Lipinski definition) is 1. The molecule has 0 amide bonds. The summed E-state index contributed by atoms with van der Waals surface area (Å²) in [5, 5.41) is 4.97. The van der Waals surface area contributed by atoms with Gasteiger partial charge >= 0.3 is 0 Å². The lowest BCUT2D eigenvalue weighted by atomic mass is 9.88. The molecule has 9 heteroatoms. The largest absolute Gasteiger partial charge is 0.379 e. The molecule has 0 radical (unpaired) electrons. The molecule has 1 fully saturated rings. The first kappa shape index (κ1) is 22.8. The van der Waals surface area contributed by atoms with Crippen LogP contribution >= 0.6 is 11.3 Å². The van der Waals surface area contributed by atoms with Gasteiger partial charge in [-0.05, 0) is 51.0 Å². The second kappa shape index (κ2) is 8.88. The van der Waals surface area contributed by atoms with Crippen LogP contribution < -0.4 is 5.32 Å². The molecule has 1 saturated heterocycles. The maximum Gasteiger partial charge on any atom is 0.201 e. The van der Waals surface area contributed by atoms with Crippen LogP contribution in [0.3, 0.4) is 0 Å². The summed E-state index contributed by atoms with van der Waals surface area (Å²) in [7, 11) is -3.58. The van der Waals surface area contributed by atoms with E-state index in [0.29, 0.717) is 35.7 Å². The summed E-state index contributed by atoms with van der Waals surface area (Å²) in [6, 6.07) is 8.36. The van der Waals surface area contributed by atoms with Gasteiger partial charge in [-0.2, -0.15) is 0 Å². The van der Waals surface area contributed by atoms with Crippen LogP contribution in [-0.4, -0.2) is 35.4 Å². The fourth-order valence-electron chi connectivity index (χ4n) is 3.82. The van der Waals surface area contributed by atoms with Crippen LogP contribution in [0.25, 0.3) is 0 Å². The standard InChI is InChI=1S/C23H27FN4O2S2/c1-16-21(7-8-22(27-16)32(29,30)14-18-13-31-15-26-18)25-11-19-17(5-4-6-20(19)24)12-28-10-9-23(28,2)3/h4-8,13,15,25H,9-12,14H2,1-3H3. The minimum atomic E-state index is -3.58. The molecule has 0 atom stereocenters. The monoisotopic (exact) mass is 474 g/mol. The number of nitrogens with one attached hydrogen (secondary N) is 1. The zero-order valence-electron chi connectivity index (χ0n) is 18.4. The van der Waals surface area contributed by atoms with E-state index in [1.54, 1.807) is 29.9 Å². The van der Waals surface area contributed by atoms with Crippen LogP contribution in [0.5, 0.6) is 0 Å². The quantitative estimate of drug-likeness (QED) is 0.516. The number of hydrogen-bond acceptors (Lipinski definition) is 7. The number of benzene rings is 1. The van der Waals surface area contributed by atoms with Crippen molar-refractivity contribution in [2.24, 2.45) is 0 Å². The van der Waals surface area contributed by atoms with Gasteiger partial charge in [0.2, 0.25) is 9.84 Å². The van der Waals surface area contributed by atoms with Gasteiger partial charge in [-0.1, -0.05) is 12.1 Å². The van der Waals surface area contributed by atoms with E-state index in [9.17, 15) is 12.8 Å². The van der Waals surface area contributed by atoms with Gasteiger partial charge in [-0.25, -0.2) is 22.8 Å². The lowest BCUT2D eigenvalue weighted by Crippen LogP contribution is -2.55. The molecular weight excluding hydrogens is 447 g/mol. The molecule has 3 aromatic rings. The predicted octanol–water partition coefficient (Wildman–Crippen LogP) is 4.56. The zero-order valence-corrected chi connectivity index (χ0v) is 20.1. The number of pyridine rings is 1. The number of anilines is 1. The summed E-state index contributed by atoms with van der Waals surface area (Å²) in [6.07, 6.45) is 1.14. The van der Waals surface area contributed by atoms with E-state index in [1.165, 1.54) is 23.5 Å². The third-order valence-electron chi connectivity index (χ3n) is 6.08. The Hall–Kier alpha value is -2.36. The lowest BCUT2D eigenvalue weighted by molar-refractivity contribution is 0.00766. The fourth-order valence-corrected chi connectivity index (χ4v) is 5.73. The number of likely N-dealkylation sites (tertiary alicyclic amines) is 1. The van der Waals surface area contributed by atoms with E-state index in [1.807, 2.05) is 6.07 Å². The van der Waals surface area contributed by atoms with Crippen LogP contribution in [0, 0.1) is 12.7 Å². The topological polar surface area (TPSA) is 75.2 Å². The first-order valence-electron chi connectivity index (χ1n) is 10.5. The Balaban J connectivity index is 1.49. The van der Waals surface area contributed by atoms with Crippen molar-refractivity contribution in [3.8, 4) is 0 Å². The maximum absolute atomic E-state index is 14.7. The Kier molecular flexibility index (Phi) is 6.33. The summed E-state index contributed by atoms with van der Waals surface area (Å²) in [6.45, 7) is 8.15. The molecule has 0 saturated carbocycles. The van der Waals surface area contributed by atoms with Crippen molar-refractivity contribution >= 4 is 26.9 Å². The molecule has 6 nitrogen and oxygen atoms in total. The van der Waals surface area contributed by atoms with Gasteiger partial charge < -0.3 is 5.32 Å². The molecule has 0 spiro atoms. The first-order valence-corrected chi connectivity index (χ1v) is 13.1. The third-order valence-corrected chi connectivity index (χ3v) is 8.26. The summed E-state index contributed by atoms with van der Waals surface area (Å²) < 4.78 is 40.0. The van der Waals surface area contributed by atoms with Crippen molar-refractivity contribution < 1.29 is 12.8 Å². The molecular formula is C23H27FN4O2S2. The summed E-state index contributed by atoms with van der Waals surface area (Å²) >= 11 is 1.36. The van der Waals surface area contributed by atoms with Crippen LogP contribution in [-0.2, 0) is 28.7 Å². The number of aromatic nitrogens is 2. The van der Waals surface area contributed by atoms with Crippen molar-refractivity contribution in [3.05, 3.63) is 69.6 Å². The Labute approximate surface area is 192 Å². The average molecular weight is 475 g/mol. The van der Waals surface area contributed by atoms with Gasteiger partial charge in [-0.3, -0.25) is 4.90 Å². The normalized spacial score (nSPS) is 16.0. The van der Waals surface area contributed by atoms with Gasteiger partial charge in [-0.15, -0.1) is 11.3 Å². The SMILES string of the molecule is Cc1nc(S(=O)(=O)Cc2cscn2)ccc1NCc1c(F)cccc1CN1CCC1(C)C. The molecule has 4 rings (SSSR count). The lowest BCUT2D eigenvalue weighted by Gasteiger charge is -2.48. The zero-order chi connectivity index (χ0) is 22.9. The van der Waals surface area contributed by atoms with Crippen molar-refractivity contribution in [2.75, 3.05) is 11.9 Å².